The van der Waals surface area contributed by atoms with E-state index >= 15 is 0 Å². The Bertz CT molecular complexity index is 799. The van der Waals surface area contributed by atoms with E-state index in [1.807, 2.05) is 19.9 Å². The highest BCUT2D eigenvalue weighted by Crippen LogP contribution is 2.23. The van der Waals surface area contributed by atoms with Gasteiger partial charge in [-0.1, -0.05) is 0 Å². The fourth-order valence-corrected chi connectivity index (χ4v) is 3.11. The molecule has 0 amide bonds. The maximum Gasteiger partial charge on any atom is 0.573 e. The van der Waals surface area contributed by atoms with Crippen molar-refractivity contribution in [3.05, 3.63) is 41.7 Å². The summed E-state index contributed by atoms with van der Waals surface area (Å²) in [4.78, 5) is -0.148. The van der Waals surface area contributed by atoms with E-state index in [-0.39, 0.29) is 11.4 Å². The summed E-state index contributed by atoms with van der Waals surface area (Å²) in [5.41, 5.74) is 1.73. The van der Waals surface area contributed by atoms with Crippen molar-refractivity contribution in [3.8, 4) is 5.75 Å². The third-order valence-electron chi connectivity index (χ3n) is 3.09. The summed E-state index contributed by atoms with van der Waals surface area (Å²) in [7, 11) is -3.82. The largest absolute Gasteiger partial charge is 0.573 e. The number of halogens is 3. The highest BCUT2D eigenvalue weighted by atomic mass is 32.2. The molecular weight excluding hydrogens is 347 g/mol. The maximum atomic E-state index is 12.1. The van der Waals surface area contributed by atoms with Crippen LogP contribution in [-0.2, 0) is 16.6 Å². The highest BCUT2D eigenvalue weighted by Gasteiger charge is 2.31. The second-order valence-electron chi connectivity index (χ2n) is 5.07. The summed E-state index contributed by atoms with van der Waals surface area (Å²) in [5.74, 6) is -0.482. The first kappa shape index (κ1) is 18.3. The van der Waals surface area contributed by atoms with Crippen LogP contribution < -0.4 is 9.46 Å². The molecule has 1 heterocycles. The van der Waals surface area contributed by atoms with Crippen LogP contribution in [0.15, 0.2) is 35.2 Å². The van der Waals surface area contributed by atoms with Crippen LogP contribution in [0.5, 0.6) is 5.75 Å². The van der Waals surface area contributed by atoms with E-state index in [0.717, 1.165) is 35.7 Å². The SMILES string of the molecule is Cc1cc(C)n(CCNS(=O)(=O)c2ccc(OC(F)(F)F)cc2)n1. The van der Waals surface area contributed by atoms with Crippen LogP contribution in [0.1, 0.15) is 11.4 Å². The van der Waals surface area contributed by atoms with Crippen molar-refractivity contribution >= 4 is 10.0 Å². The zero-order valence-corrected chi connectivity index (χ0v) is 13.8. The predicted molar refractivity (Wildman–Crippen MR) is 80.0 cm³/mol. The van der Waals surface area contributed by atoms with Crippen molar-refractivity contribution in [1.82, 2.24) is 14.5 Å². The van der Waals surface area contributed by atoms with E-state index in [1.165, 1.54) is 0 Å². The van der Waals surface area contributed by atoms with Crippen LogP contribution in [0.25, 0.3) is 0 Å². The molecular formula is C14H16F3N3O3S. The molecule has 0 saturated heterocycles. The van der Waals surface area contributed by atoms with Crippen LogP contribution in [-0.4, -0.2) is 31.1 Å². The summed E-state index contributed by atoms with van der Waals surface area (Å²) in [5, 5.41) is 4.21. The molecule has 2 rings (SSSR count). The Labute approximate surface area is 137 Å². The van der Waals surface area contributed by atoms with Crippen molar-refractivity contribution in [2.24, 2.45) is 0 Å². The molecule has 10 heteroatoms. The highest BCUT2D eigenvalue weighted by molar-refractivity contribution is 7.89. The lowest BCUT2D eigenvalue weighted by Crippen LogP contribution is -2.28. The molecule has 0 bridgehead atoms. The average Bonchev–Trinajstić information content (AvgIpc) is 2.75. The van der Waals surface area contributed by atoms with Gasteiger partial charge in [-0.3, -0.25) is 4.68 Å². The number of ether oxygens (including phenoxy) is 1. The monoisotopic (exact) mass is 363 g/mol. The summed E-state index contributed by atoms with van der Waals surface area (Å²) < 4.78 is 68.2. The van der Waals surface area contributed by atoms with Crippen LogP contribution in [0.2, 0.25) is 0 Å². The Kier molecular flexibility index (Phi) is 5.19. The smallest absolute Gasteiger partial charge is 0.406 e. The number of aryl methyl sites for hydroxylation is 2. The summed E-state index contributed by atoms with van der Waals surface area (Å²) in [6, 6.07) is 5.86. The van der Waals surface area contributed by atoms with Crippen LogP contribution in [0.4, 0.5) is 13.2 Å². The number of benzene rings is 1. The number of nitrogens with zero attached hydrogens (tertiary/aromatic N) is 2. The van der Waals surface area contributed by atoms with Gasteiger partial charge in [0.05, 0.1) is 17.1 Å². The van der Waals surface area contributed by atoms with E-state index in [4.69, 9.17) is 0 Å². The predicted octanol–water partition coefficient (Wildman–Crippen LogP) is 2.38. The molecule has 0 saturated carbocycles. The van der Waals surface area contributed by atoms with E-state index in [9.17, 15) is 21.6 Å². The lowest BCUT2D eigenvalue weighted by Gasteiger charge is -2.10. The molecule has 6 nitrogen and oxygen atoms in total. The standard InChI is InChI=1S/C14H16F3N3O3S/c1-10-9-11(2)20(19-10)8-7-18-24(21,22)13-5-3-12(4-6-13)23-14(15,16)17/h3-6,9,18H,7-8H2,1-2H3. The summed E-state index contributed by atoms with van der Waals surface area (Å²) in [6.45, 7) is 4.13. The van der Waals surface area contributed by atoms with Gasteiger partial charge in [-0.25, -0.2) is 13.1 Å². The number of sulfonamides is 1. The number of nitrogens with one attached hydrogen (secondary N) is 1. The third kappa shape index (κ3) is 4.96. The van der Waals surface area contributed by atoms with Gasteiger partial charge in [0, 0.05) is 12.2 Å². The first-order valence-corrected chi connectivity index (χ1v) is 8.42. The maximum absolute atomic E-state index is 12.1. The minimum atomic E-state index is -4.82. The zero-order chi connectivity index (χ0) is 18.0. The van der Waals surface area contributed by atoms with Gasteiger partial charge >= 0.3 is 6.36 Å². The molecule has 1 aromatic heterocycles. The van der Waals surface area contributed by atoms with Gasteiger partial charge in [0.1, 0.15) is 5.75 Å². The van der Waals surface area contributed by atoms with Gasteiger partial charge < -0.3 is 4.74 Å². The van der Waals surface area contributed by atoms with E-state index in [2.05, 4.69) is 14.6 Å². The minimum absolute atomic E-state index is 0.102. The molecule has 0 atom stereocenters. The van der Waals surface area contributed by atoms with Crippen molar-refractivity contribution in [3.63, 3.8) is 0 Å². The molecule has 1 aromatic carbocycles. The Hall–Kier alpha value is -2.07. The van der Waals surface area contributed by atoms with Crippen LogP contribution >= 0.6 is 0 Å². The zero-order valence-electron chi connectivity index (χ0n) is 13.0. The molecule has 0 fully saturated rings. The summed E-state index contributed by atoms with van der Waals surface area (Å²) in [6.07, 6.45) is -4.82. The Morgan fingerprint density at radius 2 is 1.83 bits per heavy atom. The van der Waals surface area contributed by atoms with Gasteiger partial charge in [0.2, 0.25) is 10.0 Å². The van der Waals surface area contributed by atoms with E-state index in [1.54, 1.807) is 4.68 Å². The normalized spacial score (nSPS) is 12.4. The molecule has 0 spiro atoms. The van der Waals surface area contributed by atoms with Gasteiger partial charge in [0.25, 0.3) is 0 Å². The van der Waals surface area contributed by atoms with Gasteiger partial charge in [-0.2, -0.15) is 5.10 Å². The van der Waals surface area contributed by atoms with Crippen molar-refractivity contribution in [2.45, 2.75) is 31.7 Å². The molecule has 1 N–H and O–H groups in total. The van der Waals surface area contributed by atoms with Crippen LogP contribution in [0, 0.1) is 13.8 Å². The molecule has 0 radical (unpaired) electrons. The quantitative estimate of drug-likeness (QED) is 0.855. The average molecular weight is 363 g/mol. The van der Waals surface area contributed by atoms with Crippen molar-refractivity contribution < 1.29 is 26.3 Å². The van der Waals surface area contributed by atoms with E-state index < -0.39 is 22.1 Å². The minimum Gasteiger partial charge on any atom is -0.406 e. The topological polar surface area (TPSA) is 73.2 Å². The first-order valence-electron chi connectivity index (χ1n) is 6.93. The molecule has 0 aliphatic rings. The van der Waals surface area contributed by atoms with Gasteiger partial charge in [0.15, 0.2) is 0 Å². The number of hydrogen-bond donors (Lipinski definition) is 1. The Morgan fingerprint density at radius 1 is 1.21 bits per heavy atom. The fraction of sp³-hybridized carbons (Fsp3) is 0.357. The van der Waals surface area contributed by atoms with E-state index in [0.29, 0.717) is 6.54 Å². The fourth-order valence-electron chi connectivity index (χ4n) is 2.09. The molecule has 0 unspecified atom stereocenters. The second kappa shape index (κ2) is 6.81. The van der Waals surface area contributed by atoms with Gasteiger partial charge in [-0.15, -0.1) is 13.2 Å². The molecule has 132 valence electrons. The van der Waals surface area contributed by atoms with Gasteiger partial charge in [-0.05, 0) is 44.2 Å². The molecule has 2 aromatic rings. The Balaban J connectivity index is 1.98. The van der Waals surface area contributed by atoms with Crippen molar-refractivity contribution in [1.29, 1.82) is 0 Å². The Morgan fingerprint density at radius 3 is 2.33 bits per heavy atom. The number of rotatable bonds is 6. The molecule has 24 heavy (non-hydrogen) atoms. The summed E-state index contributed by atoms with van der Waals surface area (Å²) >= 11 is 0. The molecule has 0 aliphatic heterocycles. The number of alkyl halides is 3. The number of hydrogen-bond acceptors (Lipinski definition) is 4. The van der Waals surface area contributed by atoms with Crippen LogP contribution in [0.3, 0.4) is 0 Å². The second-order valence-corrected chi connectivity index (χ2v) is 6.83. The lowest BCUT2D eigenvalue weighted by atomic mass is 10.3. The van der Waals surface area contributed by atoms with Crippen molar-refractivity contribution in [2.75, 3.05) is 6.54 Å². The lowest BCUT2D eigenvalue weighted by molar-refractivity contribution is -0.274. The molecule has 0 aliphatic carbocycles. The number of aromatic nitrogens is 2. The first-order chi connectivity index (χ1) is 11.1. The third-order valence-corrected chi connectivity index (χ3v) is 4.56.